The summed E-state index contributed by atoms with van der Waals surface area (Å²) in [6, 6.07) is 3.94. The summed E-state index contributed by atoms with van der Waals surface area (Å²) < 4.78 is 8.38. The van der Waals surface area contributed by atoms with E-state index in [2.05, 4.69) is 41.3 Å². The summed E-state index contributed by atoms with van der Waals surface area (Å²) in [5.41, 5.74) is 0.0493. The first-order chi connectivity index (χ1) is 5.46. The van der Waals surface area contributed by atoms with Gasteiger partial charge in [0, 0.05) is 11.6 Å². The maximum absolute atomic E-state index is 5.23. The van der Waals surface area contributed by atoms with Crippen LogP contribution in [0.3, 0.4) is 0 Å². The van der Waals surface area contributed by atoms with Gasteiger partial charge >= 0.3 is 0 Å². The molecule has 0 N–H and O–H groups in total. The zero-order valence-corrected chi connectivity index (χ0v) is 9.47. The molecule has 68 valence electrons. The van der Waals surface area contributed by atoms with E-state index in [-0.39, 0.29) is 5.54 Å². The van der Waals surface area contributed by atoms with E-state index < -0.39 is 0 Å². The Morgan fingerprint density at radius 2 is 1.92 bits per heavy atom. The third-order valence-electron chi connectivity index (χ3n) is 1.68. The minimum absolute atomic E-state index is 0.0493. The van der Waals surface area contributed by atoms with Gasteiger partial charge in [0.15, 0.2) is 5.88 Å². The summed E-state index contributed by atoms with van der Waals surface area (Å²) in [6.07, 6.45) is 0. The lowest BCUT2D eigenvalue weighted by Crippen LogP contribution is -2.22. The molecular formula is C9H14BrNO. The Bertz CT molecular complexity index is 273. The van der Waals surface area contributed by atoms with Crippen LogP contribution in [0.25, 0.3) is 0 Å². The SMILES string of the molecule is COc1ccc(Br)n1C(C)(C)C. The van der Waals surface area contributed by atoms with Crippen LogP contribution >= 0.6 is 15.9 Å². The number of methoxy groups -OCH3 is 1. The highest BCUT2D eigenvalue weighted by molar-refractivity contribution is 9.10. The highest BCUT2D eigenvalue weighted by Crippen LogP contribution is 2.29. The molecule has 2 nitrogen and oxygen atoms in total. The molecule has 0 amide bonds. The van der Waals surface area contributed by atoms with Crippen LogP contribution in [0, 0.1) is 0 Å². The van der Waals surface area contributed by atoms with Crippen molar-refractivity contribution < 1.29 is 4.74 Å². The molecule has 1 aromatic rings. The van der Waals surface area contributed by atoms with Crippen molar-refractivity contribution in [1.29, 1.82) is 0 Å². The smallest absolute Gasteiger partial charge is 0.194 e. The van der Waals surface area contributed by atoms with Crippen molar-refractivity contribution in [2.24, 2.45) is 0 Å². The van der Waals surface area contributed by atoms with E-state index in [0.29, 0.717) is 0 Å². The molecule has 0 spiro atoms. The first-order valence-electron chi connectivity index (χ1n) is 3.88. The van der Waals surface area contributed by atoms with E-state index in [1.54, 1.807) is 7.11 Å². The van der Waals surface area contributed by atoms with Crippen LogP contribution in [-0.2, 0) is 5.54 Å². The molecule has 0 aliphatic carbocycles. The molecule has 1 heterocycles. The second-order valence-electron chi connectivity index (χ2n) is 3.70. The fourth-order valence-electron chi connectivity index (χ4n) is 1.20. The van der Waals surface area contributed by atoms with Gasteiger partial charge in [0.2, 0.25) is 0 Å². The van der Waals surface area contributed by atoms with Crippen LogP contribution in [0.2, 0.25) is 0 Å². The molecule has 0 saturated carbocycles. The molecule has 0 fully saturated rings. The molecule has 3 heteroatoms. The predicted octanol–water partition coefficient (Wildman–Crippen LogP) is 3.01. The normalized spacial score (nSPS) is 11.8. The fraction of sp³-hybridized carbons (Fsp3) is 0.556. The van der Waals surface area contributed by atoms with E-state index in [0.717, 1.165) is 10.5 Å². The van der Waals surface area contributed by atoms with Crippen LogP contribution in [-0.4, -0.2) is 11.7 Å². The van der Waals surface area contributed by atoms with Crippen LogP contribution < -0.4 is 4.74 Å². The highest BCUT2D eigenvalue weighted by Gasteiger charge is 2.19. The Balaban J connectivity index is 3.19. The van der Waals surface area contributed by atoms with Gasteiger partial charge in [0.25, 0.3) is 0 Å². The quantitative estimate of drug-likeness (QED) is 0.725. The van der Waals surface area contributed by atoms with Crippen LogP contribution in [0.4, 0.5) is 0 Å². The van der Waals surface area contributed by atoms with Gasteiger partial charge in [-0.2, -0.15) is 0 Å². The van der Waals surface area contributed by atoms with Gasteiger partial charge in [0.1, 0.15) is 0 Å². The summed E-state index contributed by atoms with van der Waals surface area (Å²) in [5.74, 6) is 0.884. The number of rotatable bonds is 1. The topological polar surface area (TPSA) is 14.2 Å². The van der Waals surface area contributed by atoms with Gasteiger partial charge in [0.05, 0.1) is 11.7 Å². The number of aromatic nitrogens is 1. The molecule has 12 heavy (non-hydrogen) atoms. The largest absolute Gasteiger partial charge is 0.482 e. The number of hydrogen-bond donors (Lipinski definition) is 0. The van der Waals surface area contributed by atoms with Crippen molar-refractivity contribution in [2.75, 3.05) is 7.11 Å². The van der Waals surface area contributed by atoms with Crippen LogP contribution in [0.15, 0.2) is 16.7 Å². The molecule has 0 aliphatic rings. The average Bonchev–Trinajstić information content (AvgIpc) is 2.29. The first kappa shape index (κ1) is 9.65. The Hall–Kier alpha value is -0.440. The van der Waals surface area contributed by atoms with Gasteiger partial charge in [-0.25, -0.2) is 0 Å². The van der Waals surface area contributed by atoms with Gasteiger partial charge in [-0.3, -0.25) is 0 Å². The van der Waals surface area contributed by atoms with Gasteiger partial charge in [-0.05, 0) is 42.8 Å². The van der Waals surface area contributed by atoms with E-state index in [1.165, 1.54) is 0 Å². The molecule has 0 aromatic carbocycles. The number of hydrogen-bond acceptors (Lipinski definition) is 1. The lowest BCUT2D eigenvalue weighted by molar-refractivity contribution is 0.305. The minimum Gasteiger partial charge on any atom is -0.482 e. The van der Waals surface area contributed by atoms with Crippen molar-refractivity contribution in [1.82, 2.24) is 4.57 Å². The summed E-state index contributed by atoms with van der Waals surface area (Å²) in [4.78, 5) is 0. The molecule has 0 aliphatic heterocycles. The summed E-state index contributed by atoms with van der Waals surface area (Å²) in [5, 5.41) is 0. The lowest BCUT2D eigenvalue weighted by atomic mass is 10.1. The molecule has 0 saturated heterocycles. The van der Waals surface area contributed by atoms with Gasteiger partial charge in [-0.15, -0.1) is 0 Å². The van der Waals surface area contributed by atoms with E-state index in [9.17, 15) is 0 Å². The Kier molecular flexibility index (Phi) is 2.52. The molecule has 0 atom stereocenters. The average molecular weight is 232 g/mol. The van der Waals surface area contributed by atoms with Crippen molar-refractivity contribution in [3.05, 3.63) is 16.7 Å². The molecule has 0 unspecified atom stereocenters. The van der Waals surface area contributed by atoms with Gasteiger partial charge < -0.3 is 9.30 Å². The van der Waals surface area contributed by atoms with Crippen molar-refractivity contribution in [3.63, 3.8) is 0 Å². The summed E-state index contributed by atoms with van der Waals surface area (Å²) in [6.45, 7) is 6.42. The lowest BCUT2D eigenvalue weighted by Gasteiger charge is -2.24. The van der Waals surface area contributed by atoms with Crippen molar-refractivity contribution in [2.45, 2.75) is 26.3 Å². The zero-order chi connectivity index (χ0) is 9.35. The molecule has 0 bridgehead atoms. The second-order valence-corrected chi connectivity index (χ2v) is 4.52. The number of ether oxygens (including phenoxy) is 1. The highest BCUT2D eigenvalue weighted by atomic mass is 79.9. The van der Waals surface area contributed by atoms with Crippen molar-refractivity contribution in [3.8, 4) is 5.88 Å². The van der Waals surface area contributed by atoms with E-state index in [4.69, 9.17) is 4.74 Å². The molecule has 1 rings (SSSR count). The first-order valence-corrected chi connectivity index (χ1v) is 4.68. The van der Waals surface area contributed by atoms with Crippen LogP contribution in [0.5, 0.6) is 5.88 Å². The van der Waals surface area contributed by atoms with Crippen molar-refractivity contribution >= 4 is 15.9 Å². The molecule has 1 aromatic heterocycles. The fourth-order valence-corrected chi connectivity index (χ4v) is 2.04. The summed E-state index contributed by atoms with van der Waals surface area (Å²) >= 11 is 3.48. The monoisotopic (exact) mass is 231 g/mol. The van der Waals surface area contributed by atoms with E-state index >= 15 is 0 Å². The van der Waals surface area contributed by atoms with Crippen LogP contribution in [0.1, 0.15) is 20.8 Å². The minimum atomic E-state index is 0.0493. The van der Waals surface area contributed by atoms with E-state index in [1.807, 2.05) is 12.1 Å². The second kappa shape index (κ2) is 3.13. The van der Waals surface area contributed by atoms with Gasteiger partial charge in [-0.1, -0.05) is 0 Å². The Morgan fingerprint density at radius 3 is 2.25 bits per heavy atom. The third kappa shape index (κ3) is 1.66. The standard InChI is InChI=1S/C9H14BrNO/c1-9(2,3)11-7(10)5-6-8(11)12-4/h5-6H,1-4H3. The third-order valence-corrected chi connectivity index (χ3v) is 2.30. The predicted molar refractivity (Wildman–Crippen MR) is 53.7 cm³/mol. The zero-order valence-electron chi connectivity index (χ0n) is 7.89. The summed E-state index contributed by atoms with van der Waals surface area (Å²) in [7, 11) is 1.68. The molecule has 0 radical (unpaired) electrons. The number of nitrogens with zero attached hydrogens (tertiary/aromatic N) is 1. The maximum Gasteiger partial charge on any atom is 0.194 e. The number of halogens is 1. The Labute approximate surface area is 81.7 Å². The maximum atomic E-state index is 5.23. The molecular weight excluding hydrogens is 218 g/mol. The Morgan fingerprint density at radius 1 is 1.33 bits per heavy atom.